The number of likely N-dealkylation sites (tertiary alicyclic amines) is 1. The van der Waals surface area contributed by atoms with Crippen LogP contribution in [0.2, 0.25) is 0 Å². The summed E-state index contributed by atoms with van der Waals surface area (Å²) in [6.45, 7) is 6.52. The van der Waals surface area contributed by atoms with Gasteiger partial charge in [0.05, 0.1) is 17.4 Å². The molecule has 1 amide bonds. The standard InChI is InChI=1S/C25H27N5O2/c1-17-6-8-20(18(2)14-17)25-27-24(28-32-25)19-7-9-22-21(15-19)26-16-30(22)13-10-23(31)29-11-4-3-5-12-29/h6-9,14-16H,3-5,10-13H2,1-2H3. The van der Waals surface area contributed by atoms with Crippen molar-refractivity contribution >= 4 is 16.9 Å². The third-order valence-electron chi connectivity index (χ3n) is 6.19. The molecule has 1 fully saturated rings. The maximum atomic E-state index is 12.5. The summed E-state index contributed by atoms with van der Waals surface area (Å²) in [5.74, 6) is 1.28. The van der Waals surface area contributed by atoms with Crippen molar-refractivity contribution in [3.63, 3.8) is 0 Å². The van der Waals surface area contributed by atoms with Gasteiger partial charge in [-0.2, -0.15) is 4.98 Å². The first-order valence-corrected chi connectivity index (χ1v) is 11.2. The molecular formula is C25H27N5O2. The highest BCUT2D eigenvalue weighted by Gasteiger charge is 2.17. The molecule has 164 valence electrons. The summed E-state index contributed by atoms with van der Waals surface area (Å²) in [4.78, 5) is 23.6. The average Bonchev–Trinajstić information content (AvgIpc) is 3.45. The van der Waals surface area contributed by atoms with Gasteiger partial charge in [-0.1, -0.05) is 22.9 Å². The first-order chi connectivity index (χ1) is 15.6. The molecule has 7 nitrogen and oxygen atoms in total. The highest BCUT2D eigenvalue weighted by Crippen LogP contribution is 2.27. The summed E-state index contributed by atoms with van der Waals surface area (Å²) >= 11 is 0. The first-order valence-electron chi connectivity index (χ1n) is 11.2. The third kappa shape index (κ3) is 4.02. The molecule has 0 bridgehead atoms. The second kappa shape index (κ2) is 8.57. The van der Waals surface area contributed by atoms with Crippen LogP contribution in [0.5, 0.6) is 0 Å². The Labute approximate surface area is 187 Å². The zero-order chi connectivity index (χ0) is 22.1. The van der Waals surface area contributed by atoms with Crippen LogP contribution in [0.4, 0.5) is 0 Å². The Balaban J connectivity index is 1.33. The smallest absolute Gasteiger partial charge is 0.258 e. The Hall–Kier alpha value is -3.48. The van der Waals surface area contributed by atoms with E-state index in [1.54, 1.807) is 6.33 Å². The number of piperidine rings is 1. The van der Waals surface area contributed by atoms with E-state index in [1.807, 2.05) is 46.7 Å². The number of aromatic nitrogens is 4. The number of carbonyl (C=O) groups excluding carboxylic acids is 1. The monoisotopic (exact) mass is 429 g/mol. The lowest BCUT2D eigenvalue weighted by Crippen LogP contribution is -2.35. The first kappa shape index (κ1) is 20.4. The molecular weight excluding hydrogens is 402 g/mol. The van der Waals surface area contributed by atoms with Crippen molar-refractivity contribution in [3.05, 3.63) is 53.9 Å². The lowest BCUT2D eigenvalue weighted by molar-refractivity contribution is -0.132. The Bertz CT molecular complexity index is 1270. The van der Waals surface area contributed by atoms with Gasteiger partial charge in [0.1, 0.15) is 0 Å². The number of hydrogen-bond acceptors (Lipinski definition) is 5. The predicted octanol–water partition coefficient (Wildman–Crippen LogP) is 4.77. The minimum atomic E-state index is 0.230. The van der Waals surface area contributed by atoms with Crippen molar-refractivity contribution in [1.82, 2.24) is 24.6 Å². The number of nitrogens with zero attached hydrogens (tertiary/aromatic N) is 5. The van der Waals surface area contributed by atoms with Gasteiger partial charge in [-0.15, -0.1) is 0 Å². The Morgan fingerprint density at radius 2 is 1.91 bits per heavy atom. The topological polar surface area (TPSA) is 77.1 Å². The molecule has 32 heavy (non-hydrogen) atoms. The van der Waals surface area contributed by atoms with Gasteiger partial charge in [-0.05, 0) is 62.9 Å². The van der Waals surface area contributed by atoms with E-state index >= 15 is 0 Å². The van der Waals surface area contributed by atoms with Crippen LogP contribution in [-0.2, 0) is 11.3 Å². The number of fused-ring (bicyclic) bond motifs is 1. The Kier molecular flexibility index (Phi) is 5.47. The molecule has 0 atom stereocenters. The minimum absolute atomic E-state index is 0.230. The van der Waals surface area contributed by atoms with E-state index in [-0.39, 0.29) is 5.91 Å². The van der Waals surface area contributed by atoms with Crippen LogP contribution in [0, 0.1) is 13.8 Å². The molecule has 5 rings (SSSR count). The summed E-state index contributed by atoms with van der Waals surface area (Å²) in [5, 5.41) is 4.18. The number of hydrogen-bond donors (Lipinski definition) is 0. The van der Waals surface area contributed by atoms with Gasteiger partial charge in [0.25, 0.3) is 5.89 Å². The highest BCUT2D eigenvalue weighted by atomic mass is 16.5. The van der Waals surface area contributed by atoms with Crippen LogP contribution in [0.15, 0.2) is 47.2 Å². The van der Waals surface area contributed by atoms with E-state index < -0.39 is 0 Å². The van der Waals surface area contributed by atoms with Crippen LogP contribution in [0.25, 0.3) is 33.9 Å². The van der Waals surface area contributed by atoms with Gasteiger partial charge in [0, 0.05) is 37.2 Å². The molecule has 1 saturated heterocycles. The van der Waals surface area contributed by atoms with Crippen LogP contribution in [0.1, 0.15) is 36.8 Å². The van der Waals surface area contributed by atoms with Gasteiger partial charge in [-0.25, -0.2) is 4.98 Å². The summed E-state index contributed by atoms with van der Waals surface area (Å²) < 4.78 is 7.58. The zero-order valence-corrected chi connectivity index (χ0v) is 18.5. The quantitative estimate of drug-likeness (QED) is 0.457. The molecule has 0 unspecified atom stereocenters. The van der Waals surface area contributed by atoms with Crippen LogP contribution < -0.4 is 0 Å². The Morgan fingerprint density at radius 3 is 2.72 bits per heavy atom. The molecule has 0 saturated carbocycles. The van der Waals surface area contributed by atoms with Gasteiger partial charge < -0.3 is 14.0 Å². The van der Waals surface area contributed by atoms with Crippen molar-refractivity contribution in [3.8, 4) is 22.8 Å². The van der Waals surface area contributed by atoms with E-state index in [2.05, 4.69) is 28.1 Å². The largest absolute Gasteiger partial charge is 0.343 e. The Morgan fingerprint density at radius 1 is 1.06 bits per heavy atom. The summed E-state index contributed by atoms with van der Waals surface area (Å²) in [5.41, 5.74) is 5.95. The number of benzene rings is 2. The molecule has 2 aromatic heterocycles. The van der Waals surface area contributed by atoms with Gasteiger partial charge in [-0.3, -0.25) is 4.79 Å². The molecule has 3 heterocycles. The van der Waals surface area contributed by atoms with Crippen molar-refractivity contribution in [2.45, 2.75) is 46.1 Å². The molecule has 0 N–H and O–H groups in total. The van der Waals surface area contributed by atoms with Crippen molar-refractivity contribution in [1.29, 1.82) is 0 Å². The number of aryl methyl sites for hydroxylation is 3. The lowest BCUT2D eigenvalue weighted by Gasteiger charge is -2.26. The number of amides is 1. The fourth-order valence-corrected chi connectivity index (χ4v) is 4.40. The van der Waals surface area contributed by atoms with E-state index in [1.165, 1.54) is 12.0 Å². The predicted molar refractivity (Wildman–Crippen MR) is 123 cm³/mol. The zero-order valence-electron chi connectivity index (χ0n) is 18.5. The van der Waals surface area contributed by atoms with Gasteiger partial charge in [0.2, 0.25) is 11.7 Å². The summed E-state index contributed by atoms with van der Waals surface area (Å²) in [6, 6.07) is 12.1. The second-order valence-electron chi connectivity index (χ2n) is 8.57. The summed E-state index contributed by atoms with van der Waals surface area (Å²) in [6.07, 6.45) is 5.75. The normalized spacial score (nSPS) is 14.2. The second-order valence-corrected chi connectivity index (χ2v) is 8.57. The highest BCUT2D eigenvalue weighted by molar-refractivity contribution is 5.81. The maximum Gasteiger partial charge on any atom is 0.258 e. The minimum Gasteiger partial charge on any atom is -0.343 e. The van der Waals surface area contributed by atoms with E-state index in [0.29, 0.717) is 24.7 Å². The van der Waals surface area contributed by atoms with Crippen molar-refractivity contribution < 1.29 is 9.32 Å². The molecule has 1 aliphatic heterocycles. The molecule has 1 aliphatic rings. The van der Waals surface area contributed by atoms with Gasteiger partial charge in [0.15, 0.2) is 0 Å². The summed E-state index contributed by atoms with van der Waals surface area (Å²) in [7, 11) is 0. The van der Waals surface area contributed by atoms with E-state index in [4.69, 9.17) is 4.52 Å². The van der Waals surface area contributed by atoms with Crippen molar-refractivity contribution in [2.75, 3.05) is 13.1 Å². The molecule has 0 aliphatic carbocycles. The third-order valence-corrected chi connectivity index (χ3v) is 6.19. The molecule has 0 spiro atoms. The van der Waals surface area contributed by atoms with E-state index in [0.717, 1.165) is 53.7 Å². The van der Waals surface area contributed by atoms with Gasteiger partial charge >= 0.3 is 0 Å². The molecule has 4 aromatic rings. The molecule has 2 aromatic carbocycles. The number of rotatable bonds is 5. The molecule has 0 radical (unpaired) electrons. The fraction of sp³-hybridized carbons (Fsp3) is 0.360. The fourth-order valence-electron chi connectivity index (χ4n) is 4.40. The van der Waals surface area contributed by atoms with Crippen LogP contribution in [0.3, 0.4) is 0 Å². The van der Waals surface area contributed by atoms with E-state index in [9.17, 15) is 4.79 Å². The maximum absolute atomic E-state index is 12.5. The van der Waals surface area contributed by atoms with Crippen molar-refractivity contribution in [2.24, 2.45) is 0 Å². The lowest BCUT2D eigenvalue weighted by atomic mass is 10.1. The SMILES string of the molecule is Cc1ccc(-c2nc(-c3ccc4c(c3)ncn4CCC(=O)N3CCCCC3)no2)c(C)c1. The number of imidazole rings is 1. The average molecular weight is 430 g/mol. The van der Waals surface area contributed by atoms with Crippen LogP contribution >= 0.6 is 0 Å². The van der Waals surface area contributed by atoms with Crippen LogP contribution in [-0.4, -0.2) is 43.6 Å². The molecule has 7 heteroatoms. The number of carbonyl (C=O) groups is 1.